The Morgan fingerprint density at radius 2 is 1.87 bits per heavy atom. The highest BCUT2D eigenvalue weighted by Gasteiger charge is 2.19. The van der Waals surface area contributed by atoms with Gasteiger partial charge in [0.2, 0.25) is 5.91 Å². The van der Waals surface area contributed by atoms with E-state index < -0.39 is 0 Å². The summed E-state index contributed by atoms with van der Waals surface area (Å²) in [6, 6.07) is 12.6. The van der Waals surface area contributed by atoms with Gasteiger partial charge in [-0.05, 0) is 43.3 Å². The Balaban J connectivity index is 1.34. The molecule has 1 aromatic carbocycles. The Labute approximate surface area is 221 Å². The Hall–Kier alpha value is -4.24. The van der Waals surface area contributed by atoms with Crippen molar-refractivity contribution >= 4 is 39.1 Å². The van der Waals surface area contributed by atoms with Crippen LogP contribution in [0.25, 0.3) is 44.5 Å². The van der Waals surface area contributed by atoms with Gasteiger partial charge in [0.1, 0.15) is 5.69 Å². The first kappa shape index (κ1) is 24.1. The van der Waals surface area contributed by atoms with E-state index in [1.54, 1.807) is 18.6 Å². The molecule has 1 saturated heterocycles. The Bertz CT molecular complexity index is 1610. The molecule has 0 spiro atoms. The maximum atomic E-state index is 12.3. The lowest BCUT2D eigenvalue weighted by molar-refractivity contribution is -0.116. The van der Waals surface area contributed by atoms with E-state index in [2.05, 4.69) is 71.6 Å². The van der Waals surface area contributed by atoms with Crippen molar-refractivity contribution in [1.82, 2.24) is 30.0 Å². The molecule has 9 heteroatoms. The van der Waals surface area contributed by atoms with Crippen molar-refractivity contribution in [2.75, 3.05) is 43.4 Å². The molecule has 6 rings (SSSR count). The van der Waals surface area contributed by atoms with Crippen LogP contribution >= 0.6 is 0 Å². The highest BCUT2D eigenvalue weighted by atomic mass is 16.1. The molecule has 5 heterocycles. The summed E-state index contributed by atoms with van der Waals surface area (Å²) in [4.78, 5) is 29.6. The van der Waals surface area contributed by atoms with Gasteiger partial charge in [0, 0.05) is 66.3 Å². The van der Waals surface area contributed by atoms with Gasteiger partial charge >= 0.3 is 0 Å². The van der Waals surface area contributed by atoms with Gasteiger partial charge in [-0.25, -0.2) is 0 Å². The molecular weight excluding hydrogens is 476 g/mol. The molecular formula is C29H32N8O. The quantitative estimate of drug-likeness (QED) is 0.301. The van der Waals surface area contributed by atoms with Crippen molar-refractivity contribution in [1.29, 1.82) is 0 Å². The van der Waals surface area contributed by atoms with Gasteiger partial charge in [0.25, 0.3) is 0 Å². The summed E-state index contributed by atoms with van der Waals surface area (Å²) in [5.41, 5.74) is 7.26. The smallest absolute Gasteiger partial charge is 0.224 e. The number of piperazine rings is 1. The fourth-order valence-corrected chi connectivity index (χ4v) is 5.10. The summed E-state index contributed by atoms with van der Waals surface area (Å²) in [5.74, 6) is 0.270. The maximum Gasteiger partial charge on any atom is 0.224 e. The molecule has 1 aliphatic rings. The van der Waals surface area contributed by atoms with Crippen LogP contribution in [-0.4, -0.2) is 69.2 Å². The summed E-state index contributed by atoms with van der Waals surface area (Å²) in [6.07, 6.45) is 5.68. The number of pyridine rings is 2. The molecule has 0 unspecified atom stereocenters. The molecule has 194 valence electrons. The van der Waals surface area contributed by atoms with Crippen LogP contribution in [0.5, 0.6) is 0 Å². The minimum atomic E-state index is -0.0192. The predicted molar refractivity (Wildman–Crippen MR) is 152 cm³/mol. The van der Waals surface area contributed by atoms with E-state index in [4.69, 9.17) is 0 Å². The third-order valence-electron chi connectivity index (χ3n) is 7.10. The van der Waals surface area contributed by atoms with Gasteiger partial charge in [0.05, 0.1) is 35.0 Å². The third-order valence-corrected chi connectivity index (χ3v) is 7.10. The molecule has 0 bridgehead atoms. The lowest BCUT2D eigenvalue weighted by atomic mass is 10.1. The number of likely N-dealkylation sites (N-methyl/N-ethyl adjacent to an activating group) is 1. The first-order chi connectivity index (χ1) is 18.4. The molecule has 38 heavy (non-hydrogen) atoms. The molecule has 1 amide bonds. The number of hydrogen-bond donors (Lipinski definition) is 3. The Morgan fingerprint density at radius 1 is 1.03 bits per heavy atom. The molecule has 1 fully saturated rings. The van der Waals surface area contributed by atoms with Crippen molar-refractivity contribution in [2.24, 2.45) is 5.92 Å². The number of anilines is 2. The van der Waals surface area contributed by atoms with Crippen LogP contribution < -0.4 is 10.2 Å². The highest BCUT2D eigenvalue weighted by molar-refractivity contribution is 6.00. The number of aromatic nitrogens is 5. The van der Waals surface area contributed by atoms with Gasteiger partial charge in [-0.2, -0.15) is 5.10 Å². The van der Waals surface area contributed by atoms with Gasteiger partial charge in [-0.3, -0.25) is 19.9 Å². The average molecular weight is 509 g/mol. The minimum absolute atomic E-state index is 0.0192. The van der Waals surface area contributed by atoms with Crippen molar-refractivity contribution < 1.29 is 4.79 Å². The largest absolute Gasteiger partial charge is 0.368 e. The van der Waals surface area contributed by atoms with Crippen LogP contribution in [-0.2, 0) is 4.79 Å². The van der Waals surface area contributed by atoms with Crippen LogP contribution in [0.2, 0.25) is 0 Å². The Morgan fingerprint density at radius 3 is 2.68 bits per heavy atom. The molecule has 0 radical (unpaired) electrons. The fraction of sp³-hybridized carbons (Fsp3) is 0.310. The summed E-state index contributed by atoms with van der Waals surface area (Å²) >= 11 is 0. The van der Waals surface area contributed by atoms with Crippen LogP contribution in [0.1, 0.15) is 20.3 Å². The predicted octanol–water partition coefficient (Wildman–Crippen LogP) is 4.90. The number of nitrogens with one attached hydrogen (secondary N) is 3. The number of H-pyrrole nitrogens is 2. The zero-order chi connectivity index (χ0) is 26.2. The van der Waals surface area contributed by atoms with Crippen LogP contribution in [0.3, 0.4) is 0 Å². The second-order valence-electron chi connectivity index (χ2n) is 10.5. The third kappa shape index (κ3) is 4.72. The van der Waals surface area contributed by atoms with Crippen molar-refractivity contribution in [3.63, 3.8) is 0 Å². The molecule has 0 atom stereocenters. The van der Waals surface area contributed by atoms with Crippen molar-refractivity contribution in [3.05, 3.63) is 55.0 Å². The summed E-state index contributed by atoms with van der Waals surface area (Å²) in [6.45, 7) is 8.20. The van der Waals surface area contributed by atoms with E-state index in [0.29, 0.717) is 12.1 Å². The number of carbonyl (C=O) groups excluding carboxylic acids is 1. The second kappa shape index (κ2) is 9.90. The van der Waals surface area contributed by atoms with Gasteiger partial charge < -0.3 is 20.1 Å². The summed E-state index contributed by atoms with van der Waals surface area (Å²) in [5, 5.41) is 12.9. The normalized spacial score (nSPS) is 14.6. The molecule has 0 aliphatic carbocycles. The minimum Gasteiger partial charge on any atom is -0.368 e. The number of benzene rings is 1. The van der Waals surface area contributed by atoms with Crippen molar-refractivity contribution in [3.8, 4) is 22.6 Å². The van der Waals surface area contributed by atoms with E-state index in [1.807, 2.05) is 26.0 Å². The first-order valence-corrected chi connectivity index (χ1v) is 13.1. The average Bonchev–Trinajstić information content (AvgIpc) is 3.52. The van der Waals surface area contributed by atoms with Crippen LogP contribution in [0, 0.1) is 5.92 Å². The number of hydrogen-bond acceptors (Lipinski definition) is 6. The lowest BCUT2D eigenvalue weighted by Gasteiger charge is -2.34. The number of aromatic amines is 2. The van der Waals surface area contributed by atoms with Gasteiger partial charge in [-0.1, -0.05) is 19.9 Å². The van der Waals surface area contributed by atoms with E-state index in [-0.39, 0.29) is 11.8 Å². The van der Waals surface area contributed by atoms with Gasteiger partial charge in [0.15, 0.2) is 0 Å². The number of nitrogens with zero attached hydrogens (tertiary/aromatic N) is 5. The lowest BCUT2D eigenvalue weighted by Crippen LogP contribution is -2.44. The standard InChI is InChI=1S/C29H32N8O/c1-18(2)11-28(38)32-20-12-19(15-30-16-20)24-14-22-26(17-31-24)34-35-29(22)25-13-21-23(33-25)5-4-6-27(21)37-9-7-36(3)8-10-37/h4-6,12-18,33H,7-11H2,1-3H3,(H,32,38)(H,34,35). The van der Waals surface area contributed by atoms with E-state index in [9.17, 15) is 4.79 Å². The molecule has 5 aromatic rings. The monoisotopic (exact) mass is 508 g/mol. The Kier molecular flexibility index (Phi) is 6.29. The number of fused-ring (bicyclic) bond motifs is 2. The summed E-state index contributed by atoms with van der Waals surface area (Å²) < 4.78 is 0. The molecule has 9 nitrogen and oxygen atoms in total. The molecule has 1 aliphatic heterocycles. The zero-order valence-corrected chi connectivity index (χ0v) is 22.0. The second-order valence-corrected chi connectivity index (χ2v) is 10.5. The SMILES string of the molecule is CC(C)CC(=O)Nc1cncc(-c2cc3c(-c4cc5c(N6CCN(C)CC6)cccc5[nH]4)n[nH]c3cn2)c1. The fourth-order valence-electron chi connectivity index (χ4n) is 5.10. The first-order valence-electron chi connectivity index (χ1n) is 13.1. The molecule has 0 saturated carbocycles. The zero-order valence-electron chi connectivity index (χ0n) is 22.0. The van der Waals surface area contributed by atoms with Crippen LogP contribution in [0.4, 0.5) is 11.4 Å². The number of rotatable bonds is 6. The topological polar surface area (TPSA) is 106 Å². The van der Waals surface area contributed by atoms with E-state index in [1.165, 1.54) is 11.1 Å². The number of carbonyl (C=O) groups is 1. The highest BCUT2D eigenvalue weighted by Crippen LogP contribution is 2.34. The maximum absolute atomic E-state index is 12.3. The van der Waals surface area contributed by atoms with Gasteiger partial charge in [-0.15, -0.1) is 0 Å². The summed E-state index contributed by atoms with van der Waals surface area (Å²) in [7, 11) is 2.17. The number of amides is 1. The van der Waals surface area contributed by atoms with E-state index in [0.717, 1.165) is 65.2 Å². The van der Waals surface area contributed by atoms with Crippen molar-refractivity contribution in [2.45, 2.75) is 20.3 Å². The van der Waals surface area contributed by atoms with E-state index >= 15 is 0 Å². The molecule has 4 aromatic heterocycles. The van der Waals surface area contributed by atoms with Crippen LogP contribution in [0.15, 0.2) is 55.0 Å². The molecule has 3 N–H and O–H groups in total.